The van der Waals surface area contributed by atoms with E-state index < -0.39 is 53.0 Å². The molecule has 0 aromatic heterocycles. The maximum Gasteiger partial charge on any atom is 0.413 e. The lowest BCUT2D eigenvalue weighted by Gasteiger charge is -2.53. The number of hydrogen-bond donors (Lipinski definition) is 2. The van der Waals surface area contributed by atoms with Gasteiger partial charge < -0.3 is 19.9 Å². The predicted molar refractivity (Wildman–Crippen MR) is 124 cm³/mol. The molecule has 3 amide bonds. The lowest BCUT2D eigenvalue weighted by molar-refractivity contribution is -0.129. The molecule has 0 aliphatic carbocycles. The smallest absolute Gasteiger partial charge is 0.413 e. The number of alkyl carbamates (subject to hydrolysis) is 1. The molecule has 190 valence electrons. The second-order valence-electron chi connectivity index (χ2n) is 10.9. The van der Waals surface area contributed by atoms with E-state index in [0.29, 0.717) is 5.56 Å². The molecule has 1 aromatic rings. The van der Waals surface area contributed by atoms with Gasteiger partial charge in [0, 0.05) is 12.0 Å². The molecule has 0 radical (unpaired) electrons. The third-order valence-corrected chi connectivity index (χ3v) is 5.29. The van der Waals surface area contributed by atoms with E-state index in [1.165, 1.54) is 11.0 Å². The lowest BCUT2D eigenvalue weighted by atomic mass is 9.86. The summed E-state index contributed by atoms with van der Waals surface area (Å²) in [6.07, 6.45) is -4.11. The number of hydrogen-bond acceptors (Lipinski definition) is 5. The molecule has 0 bridgehead atoms. The van der Waals surface area contributed by atoms with Crippen molar-refractivity contribution in [1.82, 2.24) is 15.1 Å². The van der Waals surface area contributed by atoms with Crippen molar-refractivity contribution in [2.45, 2.75) is 90.8 Å². The molecular formula is C24H36FN3O6. The Morgan fingerprint density at radius 1 is 1.18 bits per heavy atom. The normalized spacial score (nSPS) is 23.3. The number of nitrogens with zero attached hydrogens (tertiary/aromatic N) is 2. The number of carbonyl (C=O) groups excluding carboxylic acids is 2. The van der Waals surface area contributed by atoms with E-state index in [9.17, 15) is 23.9 Å². The minimum atomic E-state index is -1.28. The number of benzene rings is 1. The van der Waals surface area contributed by atoms with Crippen LogP contribution in [0.25, 0.3) is 0 Å². The van der Waals surface area contributed by atoms with Gasteiger partial charge >= 0.3 is 18.3 Å². The predicted octanol–water partition coefficient (Wildman–Crippen LogP) is 4.60. The van der Waals surface area contributed by atoms with Crippen LogP contribution in [0, 0.1) is 5.82 Å². The van der Waals surface area contributed by atoms with Crippen LogP contribution in [-0.2, 0) is 15.9 Å². The van der Waals surface area contributed by atoms with E-state index in [2.05, 4.69) is 5.32 Å². The Morgan fingerprint density at radius 3 is 2.26 bits per heavy atom. The highest BCUT2D eigenvalue weighted by molar-refractivity contribution is 5.73. The van der Waals surface area contributed by atoms with Crippen molar-refractivity contribution in [2.24, 2.45) is 0 Å². The largest absolute Gasteiger partial charge is 0.465 e. The van der Waals surface area contributed by atoms with Gasteiger partial charge in [0.1, 0.15) is 11.4 Å². The third-order valence-electron chi connectivity index (χ3n) is 5.29. The molecule has 1 aliphatic rings. The van der Waals surface area contributed by atoms with Crippen LogP contribution in [0.3, 0.4) is 0 Å². The lowest BCUT2D eigenvalue weighted by Crippen LogP contribution is -2.72. The first-order valence-corrected chi connectivity index (χ1v) is 11.2. The molecule has 1 fully saturated rings. The highest BCUT2D eigenvalue weighted by atomic mass is 19.1. The summed E-state index contributed by atoms with van der Waals surface area (Å²) in [6.45, 7) is 13.4. The Labute approximate surface area is 200 Å². The molecule has 1 saturated heterocycles. The molecule has 2 N–H and O–H groups in total. The topological polar surface area (TPSA) is 108 Å². The molecule has 1 heterocycles. The van der Waals surface area contributed by atoms with Gasteiger partial charge in [0.05, 0.1) is 18.1 Å². The Morgan fingerprint density at radius 2 is 1.76 bits per heavy atom. The summed E-state index contributed by atoms with van der Waals surface area (Å²) in [4.78, 5) is 40.4. The highest BCUT2D eigenvalue weighted by Gasteiger charge is 2.53. The van der Waals surface area contributed by atoms with Crippen molar-refractivity contribution in [1.29, 1.82) is 0 Å². The average Bonchev–Trinajstić information content (AvgIpc) is 2.62. The van der Waals surface area contributed by atoms with Crippen molar-refractivity contribution >= 4 is 18.3 Å². The summed E-state index contributed by atoms with van der Waals surface area (Å²) >= 11 is 0. The Bertz CT molecular complexity index is 926. The molecule has 3 unspecified atom stereocenters. The van der Waals surface area contributed by atoms with Gasteiger partial charge in [0.15, 0.2) is 0 Å². The van der Waals surface area contributed by atoms with Crippen LogP contribution in [-0.4, -0.2) is 68.7 Å². The fourth-order valence-electron chi connectivity index (χ4n) is 4.11. The molecule has 34 heavy (non-hydrogen) atoms. The van der Waals surface area contributed by atoms with Crippen LogP contribution in [0.1, 0.15) is 61.0 Å². The van der Waals surface area contributed by atoms with E-state index in [0.717, 1.165) is 4.90 Å². The minimum Gasteiger partial charge on any atom is -0.465 e. The maximum atomic E-state index is 14.5. The molecular weight excluding hydrogens is 445 g/mol. The highest BCUT2D eigenvalue weighted by Crippen LogP contribution is 2.34. The van der Waals surface area contributed by atoms with Crippen LogP contribution >= 0.6 is 0 Å². The van der Waals surface area contributed by atoms with E-state index in [4.69, 9.17) is 9.47 Å². The van der Waals surface area contributed by atoms with Crippen molar-refractivity contribution in [3.8, 4) is 0 Å². The van der Waals surface area contributed by atoms with Crippen molar-refractivity contribution in [3.05, 3.63) is 35.6 Å². The quantitative estimate of drug-likeness (QED) is 0.653. The van der Waals surface area contributed by atoms with E-state index in [1.54, 1.807) is 73.6 Å². The second-order valence-corrected chi connectivity index (χ2v) is 10.9. The summed E-state index contributed by atoms with van der Waals surface area (Å²) < 4.78 is 25.6. The monoisotopic (exact) mass is 481 g/mol. The summed E-state index contributed by atoms with van der Waals surface area (Å²) in [7, 11) is 0. The van der Waals surface area contributed by atoms with Crippen LogP contribution in [0.5, 0.6) is 0 Å². The summed E-state index contributed by atoms with van der Waals surface area (Å²) in [5.41, 5.74) is -2.38. The van der Waals surface area contributed by atoms with E-state index in [-0.39, 0.29) is 13.0 Å². The zero-order valence-corrected chi connectivity index (χ0v) is 21.1. The first-order chi connectivity index (χ1) is 15.4. The number of amides is 3. The van der Waals surface area contributed by atoms with Crippen molar-refractivity contribution < 1.29 is 33.4 Å². The SMILES string of the molecule is CC1C(OC(=O)NC(C)(C)C)N(C(=O)OC(C)(C)C)CC(C)(Cc2ccccc2F)N1C(=O)O. The second kappa shape index (κ2) is 9.68. The van der Waals surface area contributed by atoms with Gasteiger partial charge in [0.25, 0.3) is 0 Å². The van der Waals surface area contributed by atoms with Gasteiger partial charge in [-0.3, -0.25) is 9.80 Å². The number of halogens is 1. The summed E-state index contributed by atoms with van der Waals surface area (Å²) in [5, 5.41) is 12.7. The standard InChI is InChI=1S/C24H36FN3O6/c1-15-18(33-19(29)26-22(2,3)4)27(21(32)34-23(5,6)7)14-24(8,28(15)20(30)31)13-16-11-9-10-12-17(16)25/h9-12,15,18H,13-14H2,1-8H3,(H,26,29)(H,30,31). The summed E-state index contributed by atoms with van der Waals surface area (Å²) in [6, 6.07) is 5.10. The fourth-order valence-corrected chi connectivity index (χ4v) is 4.11. The number of carbonyl (C=O) groups is 3. The first kappa shape index (κ1) is 27.2. The van der Waals surface area contributed by atoms with Crippen molar-refractivity contribution in [2.75, 3.05) is 6.54 Å². The number of nitrogens with one attached hydrogen (secondary N) is 1. The number of piperazine rings is 1. The van der Waals surface area contributed by atoms with Gasteiger partial charge in [-0.05, 0) is 67.0 Å². The van der Waals surface area contributed by atoms with E-state index in [1.807, 2.05) is 0 Å². The molecule has 10 heteroatoms. The zero-order valence-electron chi connectivity index (χ0n) is 21.1. The van der Waals surface area contributed by atoms with Gasteiger partial charge in [-0.15, -0.1) is 0 Å². The zero-order chi connectivity index (χ0) is 26.1. The van der Waals surface area contributed by atoms with Gasteiger partial charge in [-0.1, -0.05) is 18.2 Å². The molecule has 1 aromatic carbocycles. The Kier molecular flexibility index (Phi) is 7.74. The molecule has 9 nitrogen and oxygen atoms in total. The molecule has 3 atom stereocenters. The number of rotatable bonds is 3. The number of ether oxygens (including phenoxy) is 2. The molecule has 0 saturated carbocycles. The molecule has 2 rings (SSSR count). The third kappa shape index (κ3) is 6.74. The minimum absolute atomic E-state index is 0.00345. The first-order valence-electron chi connectivity index (χ1n) is 11.2. The Hall–Kier alpha value is -3.04. The molecule has 0 spiro atoms. The van der Waals surface area contributed by atoms with Gasteiger partial charge in [0.2, 0.25) is 6.23 Å². The van der Waals surface area contributed by atoms with Crippen molar-refractivity contribution in [3.63, 3.8) is 0 Å². The van der Waals surface area contributed by atoms with E-state index >= 15 is 0 Å². The maximum absolute atomic E-state index is 14.5. The molecule has 1 aliphatic heterocycles. The van der Waals surface area contributed by atoms with Crippen LogP contribution in [0.15, 0.2) is 24.3 Å². The summed E-state index contributed by atoms with van der Waals surface area (Å²) in [5.74, 6) is -0.478. The Balaban J connectivity index is 2.50. The van der Waals surface area contributed by atoms with Crippen LogP contribution in [0.2, 0.25) is 0 Å². The van der Waals surface area contributed by atoms with Crippen LogP contribution < -0.4 is 5.32 Å². The number of carboxylic acid groups (broad SMARTS) is 1. The fraction of sp³-hybridized carbons (Fsp3) is 0.625. The van der Waals surface area contributed by atoms with Gasteiger partial charge in [-0.2, -0.15) is 0 Å². The van der Waals surface area contributed by atoms with Gasteiger partial charge in [-0.25, -0.2) is 18.8 Å². The van der Waals surface area contributed by atoms with Crippen LogP contribution in [0.4, 0.5) is 18.8 Å². The average molecular weight is 482 g/mol.